The predicted molar refractivity (Wildman–Crippen MR) is 48.5 cm³/mol. The Hall–Kier alpha value is -1.35. The second-order valence-corrected chi connectivity index (χ2v) is 3.91. The van der Waals surface area contributed by atoms with Gasteiger partial charge in [-0.15, -0.1) is 0 Å². The molecule has 1 aromatic rings. The molecule has 0 unspecified atom stereocenters. The molecule has 0 atom stereocenters. The van der Waals surface area contributed by atoms with Crippen LogP contribution in [0, 0.1) is 10.1 Å². The normalized spacial score (nSPS) is 12.5. The highest BCUT2D eigenvalue weighted by atomic mass is 32.3. The van der Waals surface area contributed by atoms with E-state index in [1.54, 1.807) is 0 Å². The van der Waals surface area contributed by atoms with Crippen LogP contribution in [0.2, 0.25) is 0 Å². The van der Waals surface area contributed by atoms with Crippen LogP contribution in [0.4, 0.5) is 5.69 Å². The van der Waals surface area contributed by atoms with Crippen LogP contribution in [0.3, 0.4) is 0 Å². The van der Waals surface area contributed by atoms with Gasteiger partial charge in [-0.2, -0.15) is 0 Å². The van der Waals surface area contributed by atoms with Crippen molar-refractivity contribution in [2.45, 2.75) is 4.90 Å². The van der Waals surface area contributed by atoms with E-state index >= 15 is 0 Å². The maximum atomic E-state index is 10.4. The van der Waals surface area contributed by atoms with Crippen molar-refractivity contribution in [2.75, 3.05) is 0 Å². The minimum absolute atomic E-state index is 0.399. The molecule has 1 rings (SSSR count). The molecule has 0 bridgehead atoms. The Balaban J connectivity index is 3.37. The van der Waals surface area contributed by atoms with E-state index in [1.807, 2.05) is 0 Å². The number of rotatable bonds is 2. The fourth-order valence-corrected chi connectivity index (χ4v) is 1.54. The van der Waals surface area contributed by atoms with Crippen molar-refractivity contribution in [1.82, 2.24) is 0 Å². The van der Waals surface area contributed by atoms with E-state index in [4.69, 9.17) is 18.8 Å². The third-order valence-corrected chi connectivity index (χ3v) is 2.37. The number of phenols is 1. The Bertz CT molecular complexity index is 373. The molecule has 0 saturated carbocycles. The van der Waals surface area contributed by atoms with Gasteiger partial charge in [0.1, 0.15) is 21.5 Å². The summed E-state index contributed by atoms with van der Waals surface area (Å²) in [5.41, 5.74) is -0.743. The van der Waals surface area contributed by atoms with E-state index < -0.39 is 32.1 Å². The van der Waals surface area contributed by atoms with Crippen LogP contribution in [0.5, 0.6) is 5.75 Å². The molecule has 0 radical (unpaired) electrons. The van der Waals surface area contributed by atoms with Gasteiger partial charge >= 0.3 is 0 Å². The average molecular weight is 221 g/mol. The molecular formula is C6H7NO6S. The van der Waals surface area contributed by atoms with Gasteiger partial charge in [-0.3, -0.25) is 10.1 Å². The van der Waals surface area contributed by atoms with Gasteiger partial charge in [-0.05, 0) is 12.1 Å². The van der Waals surface area contributed by atoms with Crippen molar-refractivity contribution >= 4 is 16.6 Å². The van der Waals surface area contributed by atoms with Crippen molar-refractivity contribution in [3.05, 3.63) is 28.3 Å². The zero-order valence-corrected chi connectivity index (χ0v) is 7.51. The fraction of sp³-hybridized carbons (Fsp3) is 0. The van der Waals surface area contributed by atoms with Crippen molar-refractivity contribution in [3.8, 4) is 5.75 Å². The first kappa shape index (κ1) is 10.7. The Labute approximate surface area is 79.9 Å². The van der Waals surface area contributed by atoms with Crippen molar-refractivity contribution in [1.29, 1.82) is 0 Å². The van der Waals surface area contributed by atoms with Gasteiger partial charge in [0.05, 0.1) is 11.0 Å². The summed E-state index contributed by atoms with van der Waals surface area (Å²) in [5, 5.41) is 19.3. The number of nitro benzene ring substituents is 1. The summed E-state index contributed by atoms with van der Waals surface area (Å²) in [6.07, 6.45) is 0. The Morgan fingerprint density at radius 3 is 2.29 bits per heavy atom. The summed E-state index contributed by atoms with van der Waals surface area (Å²) in [6.45, 7) is 0. The van der Waals surface area contributed by atoms with Gasteiger partial charge in [0.2, 0.25) is 0 Å². The Morgan fingerprint density at radius 1 is 1.29 bits per heavy atom. The maximum Gasteiger partial charge on any atom is 0.291 e. The summed E-state index contributed by atoms with van der Waals surface area (Å²) >= 11 is 0. The van der Waals surface area contributed by atoms with E-state index in [-0.39, 0.29) is 0 Å². The van der Waals surface area contributed by atoms with Gasteiger partial charge in [0.15, 0.2) is 0 Å². The summed E-state index contributed by atoms with van der Waals surface area (Å²) in [4.78, 5) is 8.84. The molecule has 0 spiro atoms. The summed E-state index contributed by atoms with van der Waals surface area (Å²) in [7, 11) is -4.15. The minimum Gasteiger partial charge on any atom is -0.508 e. The second kappa shape index (κ2) is 3.42. The first-order chi connectivity index (χ1) is 6.32. The lowest BCUT2D eigenvalue weighted by molar-refractivity contribution is -0.388. The molecule has 78 valence electrons. The Morgan fingerprint density at radius 2 is 1.86 bits per heavy atom. The van der Waals surface area contributed by atoms with Crippen LogP contribution >= 0.6 is 10.9 Å². The molecule has 0 amide bonds. The molecule has 7 nitrogen and oxygen atoms in total. The molecule has 0 heterocycles. The third kappa shape index (κ3) is 2.12. The molecule has 0 aliphatic rings. The minimum atomic E-state index is -4.15. The third-order valence-electron chi connectivity index (χ3n) is 1.43. The smallest absolute Gasteiger partial charge is 0.291 e. The maximum absolute atomic E-state index is 10.4. The first-order valence-corrected chi connectivity index (χ1v) is 4.81. The highest BCUT2D eigenvalue weighted by Gasteiger charge is 2.27. The molecule has 1 aromatic carbocycles. The largest absolute Gasteiger partial charge is 0.508 e. The molecule has 0 aliphatic heterocycles. The number of nitro groups is 1. The van der Waals surface area contributed by atoms with E-state index in [0.29, 0.717) is 0 Å². The summed E-state index contributed by atoms with van der Waals surface area (Å²) < 4.78 is 26.5. The van der Waals surface area contributed by atoms with Gasteiger partial charge in [-0.25, -0.2) is 0 Å². The highest BCUT2D eigenvalue weighted by molar-refractivity contribution is 8.19. The summed E-state index contributed by atoms with van der Waals surface area (Å²) in [5.74, 6) is -0.399. The zero-order valence-electron chi connectivity index (χ0n) is 6.69. The van der Waals surface area contributed by atoms with Crippen molar-refractivity contribution < 1.29 is 23.7 Å². The lowest BCUT2D eigenvalue weighted by atomic mass is 10.3. The molecular weight excluding hydrogens is 214 g/mol. The number of hydrogen-bond donors (Lipinski definition) is 4. The number of benzene rings is 1. The fourth-order valence-electron chi connectivity index (χ4n) is 0.880. The van der Waals surface area contributed by atoms with Crippen LogP contribution in [-0.4, -0.2) is 23.7 Å². The quantitative estimate of drug-likeness (QED) is 0.446. The van der Waals surface area contributed by atoms with Gasteiger partial charge < -0.3 is 18.8 Å². The molecule has 0 saturated heterocycles. The van der Waals surface area contributed by atoms with Crippen molar-refractivity contribution in [2.24, 2.45) is 0 Å². The van der Waals surface area contributed by atoms with Gasteiger partial charge in [0.25, 0.3) is 5.69 Å². The average Bonchev–Trinajstić information content (AvgIpc) is 2.01. The van der Waals surface area contributed by atoms with E-state index in [2.05, 4.69) is 0 Å². The zero-order chi connectivity index (χ0) is 10.9. The molecule has 0 aromatic heterocycles. The van der Waals surface area contributed by atoms with Gasteiger partial charge in [0, 0.05) is 0 Å². The highest BCUT2D eigenvalue weighted by Crippen LogP contribution is 2.48. The lowest BCUT2D eigenvalue weighted by Gasteiger charge is -2.18. The molecule has 0 aliphatic carbocycles. The van der Waals surface area contributed by atoms with Crippen LogP contribution < -0.4 is 0 Å². The topological polar surface area (TPSA) is 124 Å². The monoisotopic (exact) mass is 221 g/mol. The summed E-state index contributed by atoms with van der Waals surface area (Å²) in [6, 6.07) is 2.61. The Kier molecular flexibility index (Phi) is 2.62. The first-order valence-electron chi connectivity index (χ1n) is 3.30. The second-order valence-electron chi connectivity index (χ2n) is 2.43. The van der Waals surface area contributed by atoms with Crippen LogP contribution in [0.1, 0.15) is 0 Å². The van der Waals surface area contributed by atoms with Crippen LogP contribution in [-0.2, 0) is 0 Å². The van der Waals surface area contributed by atoms with Crippen molar-refractivity contribution in [3.63, 3.8) is 0 Å². The number of nitrogens with zero attached hydrogens (tertiary/aromatic N) is 1. The lowest BCUT2D eigenvalue weighted by Crippen LogP contribution is -2.00. The van der Waals surface area contributed by atoms with Gasteiger partial charge in [-0.1, -0.05) is 0 Å². The van der Waals surface area contributed by atoms with Crippen LogP contribution in [0.25, 0.3) is 0 Å². The number of aromatic hydroxyl groups is 1. The van der Waals surface area contributed by atoms with E-state index in [0.717, 1.165) is 18.2 Å². The SMILES string of the molecule is O=[N+]([O-])c1cc(O)ccc1S(O)(O)O. The van der Waals surface area contributed by atoms with E-state index in [1.165, 1.54) is 0 Å². The molecule has 4 N–H and O–H groups in total. The number of phenolic OH excluding ortho intramolecular Hbond substituents is 1. The molecule has 8 heteroatoms. The number of hydrogen-bond acceptors (Lipinski definition) is 6. The molecule has 0 fully saturated rings. The van der Waals surface area contributed by atoms with Crippen LogP contribution in [0.15, 0.2) is 23.1 Å². The predicted octanol–water partition coefficient (Wildman–Crippen LogP) is 1.88. The standard InChI is InChI=1S/C6H7NO6S/c8-4-1-2-6(14(11,12)13)5(3-4)7(9)10/h1-3,8,11-13H. The van der Waals surface area contributed by atoms with E-state index in [9.17, 15) is 10.1 Å². The molecule has 14 heavy (non-hydrogen) atoms.